The Morgan fingerprint density at radius 3 is 2.62 bits per heavy atom. The van der Waals surface area contributed by atoms with E-state index < -0.39 is 22.7 Å². The van der Waals surface area contributed by atoms with Crippen LogP contribution in [0.3, 0.4) is 0 Å². The molecule has 4 rings (SSSR count). The number of esters is 1. The first-order valence-electron chi connectivity index (χ1n) is 10.2. The van der Waals surface area contributed by atoms with E-state index in [9.17, 15) is 19.7 Å². The lowest BCUT2D eigenvalue weighted by Crippen LogP contribution is -2.38. The monoisotopic (exact) mass is 396 g/mol. The molecule has 1 aromatic rings. The lowest BCUT2D eigenvalue weighted by molar-refractivity contribution is -0.385. The number of Topliss-reactive ketones (excluding diaryl/α,β-unsaturated/α-hetero) is 1. The van der Waals surface area contributed by atoms with Crippen molar-refractivity contribution < 1.29 is 19.2 Å². The molecule has 1 aromatic carbocycles. The first kappa shape index (κ1) is 19.5. The Bertz CT molecular complexity index is 927. The first-order chi connectivity index (χ1) is 14.0. The van der Waals surface area contributed by atoms with Crippen LogP contribution in [-0.2, 0) is 14.3 Å². The molecule has 1 saturated carbocycles. The number of benzene rings is 1. The molecule has 0 N–H and O–H groups in total. The minimum absolute atomic E-state index is 0.0793. The zero-order valence-electron chi connectivity index (χ0n) is 16.4. The molecule has 1 unspecified atom stereocenters. The minimum Gasteiger partial charge on any atom is -0.462 e. The number of carbonyl (C=O) groups excluding carboxylic acids is 2. The molecular weight excluding hydrogens is 372 g/mol. The summed E-state index contributed by atoms with van der Waals surface area (Å²) in [6.45, 7) is 1.76. The van der Waals surface area contributed by atoms with Crippen LogP contribution in [0.5, 0.6) is 0 Å². The van der Waals surface area contributed by atoms with Gasteiger partial charge >= 0.3 is 5.97 Å². The predicted molar refractivity (Wildman–Crippen MR) is 107 cm³/mol. The molecule has 3 aliphatic rings. The quantitative estimate of drug-likeness (QED) is 0.430. The molecule has 0 saturated heterocycles. The second-order valence-electron chi connectivity index (χ2n) is 8.00. The molecule has 0 bridgehead atoms. The number of nitro benzene ring substituents is 1. The molecule has 29 heavy (non-hydrogen) atoms. The molecule has 7 nitrogen and oxygen atoms in total. The van der Waals surface area contributed by atoms with Crippen LogP contribution >= 0.6 is 0 Å². The third kappa shape index (κ3) is 3.61. The highest BCUT2D eigenvalue weighted by molar-refractivity contribution is 6.09. The lowest BCUT2D eigenvalue weighted by Gasteiger charge is -2.34. The van der Waals surface area contributed by atoms with Gasteiger partial charge in [-0.1, -0.05) is 18.2 Å². The van der Waals surface area contributed by atoms with Gasteiger partial charge in [-0.15, -0.1) is 0 Å². The van der Waals surface area contributed by atoms with E-state index in [1.807, 2.05) is 0 Å². The molecule has 0 radical (unpaired) electrons. The van der Waals surface area contributed by atoms with Crippen molar-refractivity contribution in [3.8, 4) is 0 Å². The van der Waals surface area contributed by atoms with Crippen LogP contribution in [0.1, 0.15) is 63.4 Å². The van der Waals surface area contributed by atoms with E-state index in [2.05, 4.69) is 4.99 Å². The molecular formula is C22H24N2O5. The summed E-state index contributed by atoms with van der Waals surface area (Å²) in [7, 11) is 0. The van der Waals surface area contributed by atoms with Crippen molar-refractivity contribution in [1.82, 2.24) is 0 Å². The van der Waals surface area contributed by atoms with E-state index >= 15 is 0 Å². The SMILES string of the molecule is CC1=NC2=C(C(=O)CCC2)[C@H](c2ccccc2[N+](=O)[O-])C1C(=O)OC1CCCC1. The van der Waals surface area contributed by atoms with Crippen molar-refractivity contribution in [3.05, 3.63) is 51.2 Å². The van der Waals surface area contributed by atoms with Gasteiger partial charge in [-0.3, -0.25) is 24.7 Å². The second kappa shape index (κ2) is 7.89. The standard InChI is InChI=1S/C22H24N2O5/c1-13-19(22(26)29-14-7-2-3-8-14)20(15-9-4-5-11-17(15)24(27)28)21-16(23-13)10-6-12-18(21)25/h4-5,9,11,14,19-20H,2-3,6-8,10,12H2,1H3/t19?,20-/m1/s1. The van der Waals surface area contributed by atoms with Crippen LogP contribution in [0.2, 0.25) is 0 Å². The summed E-state index contributed by atoms with van der Waals surface area (Å²) < 4.78 is 5.76. The molecule has 1 heterocycles. The summed E-state index contributed by atoms with van der Waals surface area (Å²) >= 11 is 0. The Kier molecular flexibility index (Phi) is 5.30. The number of para-hydroxylation sites is 1. The third-order valence-electron chi connectivity index (χ3n) is 6.14. The fraction of sp³-hybridized carbons (Fsp3) is 0.500. The van der Waals surface area contributed by atoms with Crippen LogP contribution in [0, 0.1) is 16.0 Å². The molecule has 0 aromatic heterocycles. The van der Waals surface area contributed by atoms with Crippen molar-refractivity contribution in [2.24, 2.45) is 10.9 Å². The van der Waals surface area contributed by atoms with Gasteiger partial charge in [0, 0.05) is 41.0 Å². The topological polar surface area (TPSA) is 98.9 Å². The highest BCUT2D eigenvalue weighted by Crippen LogP contribution is 2.46. The Labute approximate surface area is 169 Å². The van der Waals surface area contributed by atoms with E-state index in [0.29, 0.717) is 41.8 Å². The lowest BCUT2D eigenvalue weighted by atomic mass is 9.71. The second-order valence-corrected chi connectivity index (χ2v) is 8.00. The Balaban J connectivity index is 1.82. The van der Waals surface area contributed by atoms with E-state index in [-0.39, 0.29) is 17.6 Å². The number of hydrogen-bond acceptors (Lipinski definition) is 6. The van der Waals surface area contributed by atoms with Crippen molar-refractivity contribution in [3.63, 3.8) is 0 Å². The smallest absolute Gasteiger partial charge is 0.315 e. The van der Waals surface area contributed by atoms with E-state index in [4.69, 9.17) is 4.74 Å². The zero-order chi connectivity index (χ0) is 20.5. The average molecular weight is 396 g/mol. The highest BCUT2D eigenvalue weighted by atomic mass is 16.6. The molecule has 0 spiro atoms. The Morgan fingerprint density at radius 1 is 1.17 bits per heavy atom. The maximum Gasteiger partial charge on any atom is 0.315 e. The first-order valence-corrected chi connectivity index (χ1v) is 10.2. The van der Waals surface area contributed by atoms with Crippen LogP contribution in [-0.4, -0.2) is 28.5 Å². The van der Waals surface area contributed by atoms with Gasteiger partial charge in [-0.2, -0.15) is 0 Å². The Morgan fingerprint density at radius 2 is 1.90 bits per heavy atom. The van der Waals surface area contributed by atoms with Crippen LogP contribution in [0.4, 0.5) is 5.69 Å². The minimum atomic E-state index is -0.822. The largest absolute Gasteiger partial charge is 0.462 e. The molecule has 7 heteroatoms. The van der Waals surface area contributed by atoms with Crippen LogP contribution in [0.15, 0.2) is 40.5 Å². The fourth-order valence-corrected chi connectivity index (χ4v) is 4.81. The average Bonchev–Trinajstić information content (AvgIpc) is 3.20. The van der Waals surface area contributed by atoms with Gasteiger partial charge in [0.25, 0.3) is 5.69 Å². The summed E-state index contributed by atoms with van der Waals surface area (Å²) in [5.74, 6) is -2.07. The molecule has 2 aliphatic carbocycles. The predicted octanol–water partition coefficient (Wildman–Crippen LogP) is 4.26. The number of allylic oxidation sites excluding steroid dienone is 2. The number of hydrogen-bond donors (Lipinski definition) is 0. The zero-order valence-corrected chi connectivity index (χ0v) is 16.4. The van der Waals surface area contributed by atoms with Crippen molar-refractivity contribution in [2.75, 3.05) is 0 Å². The highest BCUT2D eigenvalue weighted by Gasteiger charge is 2.45. The fourth-order valence-electron chi connectivity index (χ4n) is 4.81. The molecule has 0 amide bonds. The van der Waals surface area contributed by atoms with E-state index in [0.717, 1.165) is 25.7 Å². The molecule has 152 valence electrons. The molecule has 1 aliphatic heterocycles. The third-order valence-corrected chi connectivity index (χ3v) is 6.14. The summed E-state index contributed by atoms with van der Waals surface area (Å²) in [4.78, 5) is 41.9. The van der Waals surface area contributed by atoms with E-state index in [1.54, 1.807) is 25.1 Å². The van der Waals surface area contributed by atoms with Gasteiger partial charge in [0.05, 0.1) is 4.92 Å². The number of rotatable bonds is 4. The van der Waals surface area contributed by atoms with Gasteiger partial charge in [0.1, 0.15) is 12.0 Å². The maximum atomic E-state index is 13.2. The summed E-state index contributed by atoms with van der Waals surface area (Å²) in [5.41, 5.74) is 1.96. The number of nitro groups is 1. The maximum absolute atomic E-state index is 13.2. The molecule has 1 fully saturated rings. The van der Waals surface area contributed by atoms with Gasteiger partial charge < -0.3 is 4.74 Å². The summed E-state index contributed by atoms with van der Waals surface area (Å²) in [5, 5.41) is 11.7. The van der Waals surface area contributed by atoms with Crippen molar-refractivity contribution in [1.29, 1.82) is 0 Å². The Hall–Kier alpha value is -2.83. The van der Waals surface area contributed by atoms with Gasteiger partial charge in [0.2, 0.25) is 0 Å². The van der Waals surface area contributed by atoms with Gasteiger partial charge in [-0.05, 0) is 45.4 Å². The summed E-state index contributed by atoms with van der Waals surface area (Å²) in [6, 6.07) is 6.36. The number of carbonyl (C=O) groups is 2. The number of aliphatic imine (C=N–C) groups is 1. The number of ketones is 1. The van der Waals surface area contributed by atoms with Gasteiger partial charge in [0.15, 0.2) is 5.78 Å². The number of nitrogens with zero attached hydrogens (tertiary/aromatic N) is 2. The van der Waals surface area contributed by atoms with Crippen LogP contribution in [0.25, 0.3) is 0 Å². The number of ether oxygens (including phenoxy) is 1. The van der Waals surface area contributed by atoms with Crippen molar-refractivity contribution in [2.45, 2.75) is 63.9 Å². The molecule has 2 atom stereocenters. The van der Waals surface area contributed by atoms with E-state index in [1.165, 1.54) is 6.07 Å². The summed E-state index contributed by atoms with van der Waals surface area (Å²) in [6.07, 6.45) is 5.30. The normalized spacial score (nSPS) is 24.9. The van der Waals surface area contributed by atoms with Crippen LogP contribution < -0.4 is 0 Å². The van der Waals surface area contributed by atoms with Crippen molar-refractivity contribution >= 4 is 23.2 Å². The van der Waals surface area contributed by atoms with Gasteiger partial charge in [-0.25, -0.2) is 0 Å².